The maximum absolute atomic E-state index is 9.74. The maximum Gasteiger partial charge on any atom is 0.124 e. The maximum atomic E-state index is 9.74. The van der Waals surface area contributed by atoms with Gasteiger partial charge in [0.1, 0.15) is 12.0 Å². The van der Waals surface area contributed by atoms with Gasteiger partial charge in [0.25, 0.3) is 0 Å². The SMILES string of the molecule is CC(C)(C)c1cc(C(C)(C)CO)ccc1/C=C/c1cccc(-c2ccon2)c1. The lowest BCUT2D eigenvalue weighted by Crippen LogP contribution is -2.23. The highest BCUT2D eigenvalue weighted by atomic mass is 16.5. The van der Waals surface area contributed by atoms with E-state index in [1.807, 2.05) is 18.2 Å². The van der Waals surface area contributed by atoms with E-state index >= 15 is 0 Å². The fourth-order valence-corrected chi connectivity index (χ4v) is 3.21. The van der Waals surface area contributed by atoms with Crippen LogP contribution in [0.3, 0.4) is 0 Å². The summed E-state index contributed by atoms with van der Waals surface area (Å²) in [7, 11) is 0. The van der Waals surface area contributed by atoms with Crippen LogP contribution in [0.5, 0.6) is 0 Å². The normalized spacial score (nSPS) is 12.6. The zero-order chi connectivity index (χ0) is 20.4. The van der Waals surface area contributed by atoms with Gasteiger partial charge in [-0.05, 0) is 33.7 Å². The van der Waals surface area contributed by atoms with E-state index in [4.69, 9.17) is 4.52 Å². The Morgan fingerprint density at radius 2 is 1.75 bits per heavy atom. The van der Waals surface area contributed by atoms with Crippen molar-refractivity contribution in [2.75, 3.05) is 6.61 Å². The van der Waals surface area contributed by atoms with Gasteiger partial charge in [-0.2, -0.15) is 0 Å². The Morgan fingerprint density at radius 1 is 0.964 bits per heavy atom. The molecule has 0 amide bonds. The minimum atomic E-state index is -0.256. The van der Waals surface area contributed by atoms with Crippen LogP contribution in [0.1, 0.15) is 56.9 Å². The zero-order valence-corrected chi connectivity index (χ0v) is 17.4. The zero-order valence-electron chi connectivity index (χ0n) is 17.4. The van der Waals surface area contributed by atoms with Gasteiger partial charge in [-0.3, -0.25) is 0 Å². The number of hydrogen-bond donors (Lipinski definition) is 1. The smallest absolute Gasteiger partial charge is 0.124 e. The van der Waals surface area contributed by atoms with E-state index in [0.29, 0.717) is 0 Å². The van der Waals surface area contributed by atoms with Crippen molar-refractivity contribution in [3.05, 3.63) is 77.0 Å². The summed E-state index contributed by atoms with van der Waals surface area (Å²) in [6, 6.07) is 16.6. The average Bonchev–Trinajstić information content (AvgIpc) is 3.20. The first-order valence-corrected chi connectivity index (χ1v) is 9.65. The quantitative estimate of drug-likeness (QED) is 0.550. The van der Waals surface area contributed by atoms with E-state index in [1.54, 1.807) is 6.26 Å². The Bertz CT molecular complexity index is 960. The van der Waals surface area contributed by atoms with Gasteiger partial charge in [0.05, 0.1) is 6.61 Å². The van der Waals surface area contributed by atoms with Crippen LogP contribution < -0.4 is 0 Å². The highest BCUT2D eigenvalue weighted by Gasteiger charge is 2.23. The molecule has 1 heterocycles. The van der Waals surface area contributed by atoms with Crippen LogP contribution in [-0.4, -0.2) is 16.9 Å². The van der Waals surface area contributed by atoms with Gasteiger partial charge in [0.15, 0.2) is 0 Å². The molecular formula is C25H29NO2. The van der Waals surface area contributed by atoms with Crippen molar-refractivity contribution in [2.45, 2.75) is 45.4 Å². The van der Waals surface area contributed by atoms with Crippen molar-refractivity contribution in [1.82, 2.24) is 5.16 Å². The molecule has 2 aromatic carbocycles. The third kappa shape index (κ3) is 4.42. The second-order valence-electron chi connectivity index (χ2n) is 8.94. The number of rotatable bonds is 5. The first-order valence-electron chi connectivity index (χ1n) is 9.65. The first-order chi connectivity index (χ1) is 13.2. The largest absolute Gasteiger partial charge is 0.395 e. The standard InChI is InChI=1S/C25H29NO2/c1-24(2,3)22-16-21(25(4,5)17-27)12-11-19(22)10-9-18-7-6-8-20(15-18)23-13-14-28-26-23/h6-16,27H,17H2,1-5H3/b10-9+. The molecule has 0 saturated carbocycles. The Hall–Kier alpha value is -2.65. The Balaban J connectivity index is 1.97. The van der Waals surface area contributed by atoms with Crippen LogP contribution in [0.15, 0.2) is 59.3 Å². The van der Waals surface area contributed by atoms with Gasteiger partial charge >= 0.3 is 0 Å². The van der Waals surface area contributed by atoms with E-state index in [9.17, 15) is 5.11 Å². The van der Waals surface area contributed by atoms with Crippen molar-refractivity contribution in [1.29, 1.82) is 0 Å². The van der Waals surface area contributed by atoms with E-state index in [-0.39, 0.29) is 17.4 Å². The number of aliphatic hydroxyl groups excluding tert-OH is 1. The third-order valence-corrected chi connectivity index (χ3v) is 5.11. The van der Waals surface area contributed by atoms with Gasteiger partial charge in [0.2, 0.25) is 0 Å². The molecule has 0 saturated heterocycles. The lowest BCUT2D eigenvalue weighted by atomic mass is 9.78. The van der Waals surface area contributed by atoms with Gasteiger partial charge in [-0.15, -0.1) is 0 Å². The van der Waals surface area contributed by atoms with E-state index < -0.39 is 0 Å². The highest BCUT2D eigenvalue weighted by Crippen LogP contribution is 2.32. The van der Waals surface area contributed by atoms with Crippen molar-refractivity contribution in [2.24, 2.45) is 0 Å². The summed E-state index contributed by atoms with van der Waals surface area (Å²) in [5.41, 5.74) is 6.35. The minimum Gasteiger partial charge on any atom is -0.395 e. The fourth-order valence-electron chi connectivity index (χ4n) is 3.21. The molecule has 0 atom stereocenters. The minimum absolute atomic E-state index is 0.00375. The Labute approximate surface area is 167 Å². The molecule has 146 valence electrons. The first kappa shape index (κ1) is 20.1. The molecule has 0 radical (unpaired) electrons. The molecule has 0 aliphatic carbocycles. The van der Waals surface area contributed by atoms with E-state index in [0.717, 1.165) is 22.4 Å². The second kappa shape index (κ2) is 7.76. The van der Waals surface area contributed by atoms with Crippen molar-refractivity contribution in [3.63, 3.8) is 0 Å². The summed E-state index contributed by atoms with van der Waals surface area (Å²) in [6.45, 7) is 10.9. The molecule has 0 unspecified atom stereocenters. The molecule has 3 heteroatoms. The van der Waals surface area contributed by atoms with Crippen molar-refractivity contribution >= 4 is 12.2 Å². The molecule has 0 aliphatic rings. The summed E-state index contributed by atoms with van der Waals surface area (Å²) in [6.07, 6.45) is 5.88. The van der Waals surface area contributed by atoms with Crippen molar-refractivity contribution < 1.29 is 9.63 Å². The fraction of sp³-hybridized carbons (Fsp3) is 0.320. The van der Waals surface area contributed by atoms with Gasteiger partial charge < -0.3 is 9.63 Å². The number of aliphatic hydroxyl groups is 1. The molecule has 28 heavy (non-hydrogen) atoms. The number of benzene rings is 2. The summed E-state index contributed by atoms with van der Waals surface area (Å²) in [5.74, 6) is 0. The molecule has 1 N–H and O–H groups in total. The predicted octanol–water partition coefficient (Wildman–Crippen LogP) is 6.08. The van der Waals surface area contributed by atoms with Gasteiger partial charge in [-0.1, -0.05) is 88.3 Å². The molecule has 1 aromatic heterocycles. The third-order valence-electron chi connectivity index (χ3n) is 5.11. The van der Waals surface area contributed by atoms with Crippen LogP contribution in [-0.2, 0) is 10.8 Å². The van der Waals surface area contributed by atoms with Crippen LogP contribution >= 0.6 is 0 Å². The molecule has 3 aromatic rings. The van der Waals surface area contributed by atoms with Crippen molar-refractivity contribution in [3.8, 4) is 11.3 Å². The molecule has 3 nitrogen and oxygen atoms in total. The summed E-state index contributed by atoms with van der Waals surface area (Å²) < 4.78 is 4.95. The molecular weight excluding hydrogens is 346 g/mol. The molecule has 0 bridgehead atoms. The molecule has 0 fully saturated rings. The van der Waals surface area contributed by atoms with E-state index in [2.05, 4.69) is 82.3 Å². The number of nitrogens with zero attached hydrogens (tertiary/aromatic N) is 1. The molecule has 0 aliphatic heterocycles. The van der Waals surface area contributed by atoms with Gasteiger partial charge in [0, 0.05) is 17.0 Å². The lowest BCUT2D eigenvalue weighted by Gasteiger charge is -2.28. The number of hydrogen-bond acceptors (Lipinski definition) is 3. The van der Waals surface area contributed by atoms with Crippen LogP contribution in [0.25, 0.3) is 23.4 Å². The van der Waals surface area contributed by atoms with Crippen LogP contribution in [0.2, 0.25) is 0 Å². The summed E-state index contributed by atoms with van der Waals surface area (Å²) in [5, 5.41) is 13.8. The van der Waals surface area contributed by atoms with Crippen LogP contribution in [0.4, 0.5) is 0 Å². The lowest BCUT2D eigenvalue weighted by molar-refractivity contribution is 0.218. The highest BCUT2D eigenvalue weighted by molar-refractivity contribution is 5.74. The monoisotopic (exact) mass is 375 g/mol. The second-order valence-corrected chi connectivity index (χ2v) is 8.94. The van der Waals surface area contributed by atoms with Crippen LogP contribution in [0, 0.1) is 0 Å². The Morgan fingerprint density at radius 3 is 2.39 bits per heavy atom. The van der Waals surface area contributed by atoms with Gasteiger partial charge in [-0.25, -0.2) is 0 Å². The predicted molar refractivity (Wildman–Crippen MR) is 116 cm³/mol. The van der Waals surface area contributed by atoms with E-state index in [1.165, 1.54) is 11.1 Å². The average molecular weight is 376 g/mol. The summed E-state index contributed by atoms with van der Waals surface area (Å²) in [4.78, 5) is 0. The molecule has 3 rings (SSSR count). The summed E-state index contributed by atoms with van der Waals surface area (Å²) >= 11 is 0. The topological polar surface area (TPSA) is 46.3 Å². The Kier molecular flexibility index (Phi) is 5.57. The number of aromatic nitrogens is 1. The molecule has 0 spiro atoms.